The first-order valence-electron chi connectivity index (χ1n) is 15.2. The Bertz CT molecular complexity index is 1410. The first-order chi connectivity index (χ1) is 21.0. The van der Waals surface area contributed by atoms with Crippen LogP contribution in [0.5, 0.6) is 0 Å². The van der Waals surface area contributed by atoms with Crippen molar-refractivity contribution in [1.82, 2.24) is 10.2 Å². The van der Waals surface area contributed by atoms with Gasteiger partial charge in [-0.1, -0.05) is 97.1 Å². The molecular weight excluding hydrogens is 540 g/mol. The normalized spacial score (nSPS) is 23.1. The van der Waals surface area contributed by atoms with E-state index < -0.39 is 12.0 Å². The number of cyclic esters (lactones) is 1. The number of benzene rings is 3. The zero-order valence-electron chi connectivity index (χ0n) is 24.4. The van der Waals surface area contributed by atoms with E-state index in [1.54, 1.807) is 4.90 Å². The summed E-state index contributed by atoms with van der Waals surface area (Å²) in [6.07, 6.45) is 6.81. The summed E-state index contributed by atoms with van der Waals surface area (Å²) >= 11 is 0. The molecule has 0 aliphatic carbocycles. The number of hydrogen-bond donors (Lipinski definition) is 2. The molecule has 2 N–H and O–H groups in total. The molecule has 7 nitrogen and oxygen atoms in total. The number of aliphatic hydroxyl groups is 1. The Hall–Kier alpha value is -4.23. The molecule has 43 heavy (non-hydrogen) atoms. The minimum atomic E-state index is -0.608. The van der Waals surface area contributed by atoms with Crippen LogP contribution in [0.25, 0.3) is 0 Å². The van der Waals surface area contributed by atoms with Crippen molar-refractivity contribution in [1.29, 1.82) is 0 Å². The third-order valence-electron chi connectivity index (χ3n) is 8.52. The molecule has 4 atom stereocenters. The summed E-state index contributed by atoms with van der Waals surface area (Å²) in [4.78, 5) is 42.4. The van der Waals surface area contributed by atoms with E-state index in [2.05, 4.69) is 5.32 Å². The molecule has 7 heteroatoms. The van der Waals surface area contributed by atoms with Crippen LogP contribution in [0.2, 0.25) is 0 Å². The van der Waals surface area contributed by atoms with Gasteiger partial charge in [-0.25, -0.2) is 0 Å². The molecule has 0 spiro atoms. The topological polar surface area (TPSA) is 95.9 Å². The molecule has 2 aliphatic rings. The molecular formula is C36H40N2O5. The molecule has 5 rings (SSSR count). The van der Waals surface area contributed by atoms with Crippen LogP contribution in [0.15, 0.2) is 97.1 Å². The van der Waals surface area contributed by atoms with Crippen molar-refractivity contribution in [2.45, 2.75) is 57.2 Å². The van der Waals surface area contributed by atoms with E-state index in [4.69, 9.17) is 4.74 Å². The van der Waals surface area contributed by atoms with E-state index in [-0.39, 0.29) is 49.4 Å². The molecule has 0 saturated carbocycles. The number of carbonyl (C=O) groups excluding carboxylic acids is 3. The van der Waals surface area contributed by atoms with Crippen LogP contribution >= 0.6 is 0 Å². The number of ether oxygens (including phenoxy) is 1. The van der Waals surface area contributed by atoms with E-state index in [9.17, 15) is 19.5 Å². The molecule has 0 fully saturated rings. The highest BCUT2D eigenvalue weighted by Gasteiger charge is 2.33. The first-order valence-corrected chi connectivity index (χ1v) is 15.2. The number of aliphatic hydroxyl groups excluding tert-OH is 1. The van der Waals surface area contributed by atoms with Crippen LogP contribution in [0, 0.1) is 11.8 Å². The summed E-state index contributed by atoms with van der Waals surface area (Å²) in [5.74, 6) is -1.62. The van der Waals surface area contributed by atoms with E-state index in [1.165, 1.54) is 0 Å². The van der Waals surface area contributed by atoms with Gasteiger partial charge in [0.1, 0.15) is 6.61 Å². The second-order valence-corrected chi connectivity index (χ2v) is 11.5. The number of rotatable bonds is 6. The smallest absolute Gasteiger partial charge is 0.309 e. The second kappa shape index (κ2) is 14.8. The number of esters is 1. The SMILES string of the molecule is O=C1N[C@@H](c2ccccc2)COC(=O)[C@@H](Cc2ccccc2)CCC=CC[C@@H]1CC(=O)N1Cc2ccccc2C[C@H]1CO. The third kappa shape index (κ3) is 7.99. The minimum Gasteiger partial charge on any atom is -0.463 e. The van der Waals surface area contributed by atoms with Gasteiger partial charge in [0.05, 0.1) is 30.5 Å². The molecule has 0 bridgehead atoms. The third-order valence-corrected chi connectivity index (χ3v) is 8.52. The van der Waals surface area contributed by atoms with Crippen molar-refractivity contribution in [2.24, 2.45) is 11.8 Å². The lowest BCUT2D eigenvalue weighted by molar-refractivity contribution is -0.150. The van der Waals surface area contributed by atoms with Gasteiger partial charge >= 0.3 is 5.97 Å². The molecule has 0 saturated heterocycles. The fourth-order valence-electron chi connectivity index (χ4n) is 6.01. The highest BCUT2D eigenvalue weighted by molar-refractivity contribution is 5.86. The summed E-state index contributed by atoms with van der Waals surface area (Å²) in [6, 6.07) is 26.5. The lowest BCUT2D eigenvalue weighted by atomic mass is 9.92. The van der Waals surface area contributed by atoms with Crippen LogP contribution in [-0.2, 0) is 38.5 Å². The van der Waals surface area contributed by atoms with Crippen molar-refractivity contribution >= 4 is 17.8 Å². The highest BCUT2D eigenvalue weighted by Crippen LogP contribution is 2.26. The van der Waals surface area contributed by atoms with E-state index >= 15 is 0 Å². The van der Waals surface area contributed by atoms with Gasteiger partial charge in [-0.15, -0.1) is 0 Å². The predicted molar refractivity (Wildman–Crippen MR) is 165 cm³/mol. The molecule has 2 aliphatic heterocycles. The zero-order valence-corrected chi connectivity index (χ0v) is 24.4. The van der Waals surface area contributed by atoms with Crippen molar-refractivity contribution in [2.75, 3.05) is 13.2 Å². The zero-order chi connectivity index (χ0) is 30.0. The fourth-order valence-corrected chi connectivity index (χ4v) is 6.01. The Kier molecular flexibility index (Phi) is 10.4. The Morgan fingerprint density at radius 3 is 2.33 bits per heavy atom. The summed E-state index contributed by atoms with van der Waals surface area (Å²) in [5, 5.41) is 13.2. The molecule has 224 valence electrons. The fraction of sp³-hybridized carbons (Fsp3) is 0.361. The Morgan fingerprint density at radius 2 is 1.58 bits per heavy atom. The quantitative estimate of drug-likeness (QED) is 0.318. The number of carbonyl (C=O) groups is 3. The van der Waals surface area contributed by atoms with Gasteiger partial charge in [-0.3, -0.25) is 14.4 Å². The van der Waals surface area contributed by atoms with Crippen molar-refractivity contribution in [3.8, 4) is 0 Å². The van der Waals surface area contributed by atoms with Gasteiger partial charge in [0.25, 0.3) is 0 Å². The average Bonchev–Trinajstić information content (AvgIpc) is 3.05. The summed E-state index contributed by atoms with van der Waals surface area (Å²) in [5.41, 5.74) is 4.10. The second-order valence-electron chi connectivity index (χ2n) is 11.5. The van der Waals surface area contributed by atoms with Gasteiger partial charge in [0.2, 0.25) is 11.8 Å². The number of fused-ring (bicyclic) bond motifs is 1. The summed E-state index contributed by atoms with van der Waals surface area (Å²) < 4.78 is 5.85. The van der Waals surface area contributed by atoms with Gasteiger partial charge < -0.3 is 20.1 Å². The van der Waals surface area contributed by atoms with E-state index in [0.717, 1.165) is 22.3 Å². The maximum Gasteiger partial charge on any atom is 0.309 e. The number of allylic oxidation sites excluding steroid dienone is 2. The Morgan fingerprint density at radius 1 is 0.884 bits per heavy atom. The predicted octanol–water partition coefficient (Wildman–Crippen LogP) is 4.94. The van der Waals surface area contributed by atoms with Gasteiger partial charge in [-0.2, -0.15) is 0 Å². The largest absolute Gasteiger partial charge is 0.463 e. The Labute approximate surface area is 253 Å². The summed E-state index contributed by atoms with van der Waals surface area (Å²) in [6.45, 7) is 0.279. The van der Waals surface area contributed by atoms with Crippen molar-refractivity contribution in [3.63, 3.8) is 0 Å². The van der Waals surface area contributed by atoms with Crippen molar-refractivity contribution < 1.29 is 24.2 Å². The molecule has 0 aromatic heterocycles. The number of nitrogens with one attached hydrogen (secondary N) is 1. The molecule has 3 aromatic carbocycles. The van der Waals surface area contributed by atoms with Crippen LogP contribution in [0.4, 0.5) is 0 Å². The number of amides is 2. The molecule has 0 radical (unpaired) electrons. The standard InChI is InChI=1S/C36H40N2O5/c39-24-32-21-28-16-10-11-19-31(28)23-38(32)34(40)22-29-17-8-3-9-18-30(20-26-12-4-1-5-13-26)36(42)43-25-33(37-35(29)41)27-14-6-2-7-15-27/h1-8,10-16,19,29-30,32-33,39H,9,17-18,20-25H2,(H,37,41)/t29-,30-,32+,33-/m1/s1. The van der Waals surface area contributed by atoms with Gasteiger partial charge in [0.15, 0.2) is 0 Å². The minimum absolute atomic E-state index is 0.00344. The first kappa shape index (κ1) is 30.2. The van der Waals surface area contributed by atoms with E-state index in [1.807, 2.05) is 97.1 Å². The lowest BCUT2D eigenvalue weighted by Crippen LogP contribution is -2.47. The van der Waals surface area contributed by atoms with Crippen molar-refractivity contribution in [3.05, 3.63) is 119 Å². The van der Waals surface area contributed by atoms with Crippen LogP contribution in [0.1, 0.15) is 54.0 Å². The van der Waals surface area contributed by atoms with Crippen LogP contribution in [0.3, 0.4) is 0 Å². The number of hydrogen-bond acceptors (Lipinski definition) is 5. The van der Waals surface area contributed by atoms with Crippen LogP contribution in [-0.4, -0.2) is 47.0 Å². The lowest BCUT2D eigenvalue weighted by Gasteiger charge is -2.36. The van der Waals surface area contributed by atoms with Gasteiger partial charge in [-0.05, 0) is 54.4 Å². The van der Waals surface area contributed by atoms with Gasteiger partial charge in [0, 0.05) is 13.0 Å². The monoisotopic (exact) mass is 580 g/mol. The summed E-state index contributed by atoms with van der Waals surface area (Å²) in [7, 11) is 0. The maximum atomic E-state index is 13.7. The average molecular weight is 581 g/mol. The molecule has 2 amide bonds. The van der Waals surface area contributed by atoms with Crippen LogP contribution < -0.4 is 5.32 Å². The number of nitrogens with zero attached hydrogens (tertiary/aromatic N) is 1. The maximum absolute atomic E-state index is 13.7. The Balaban J connectivity index is 1.35. The van der Waals surface area contributed by atoms with E-state index in [0.29, 0.717) is 38.6 Å². The molecule has 3 aromatic rings. The molecule has 2 heterocycles. The molecule has 0 unspecified atom stereocenters. The highest BCUT2D eigenvalue weighted by atomic mass is 16.5.